The summed E-state index contributed by atoms with van der Waals surface area (Å²) in [6, 6.07) is 4.44. The van der Waals surface area contributed by atoms with Crippen LogP contribution in [0, 0.1) is 12.8 Å². The molecule has 1 aliphatic carbocycles. The molecule has 1 fully saturated rings. The topological polar surface area (TPSA) is 140 Å². The summed E-state index contributed by atoms with van der Waals surface area (Å²) in [7, 11) is 5.07. The van der Waals surface area contributed by atoms with Crippen LogP contribution >= 0.6 is 0 Å². The van der Waals surface area contributed by atoms with E-state index in [1.54, 1.807) is 56.4 Å². The van der Waals surface area contributed by atoms with Crippen molar-refractivity contribution in [1.82, 2.24) is 40.0 Å². The molecule has 0 aromatic carbocycles. The van der Waals surface area contributed by atoms with Crippen LogP contribution in [0.1, 0.15) is 54.7 Å². The van der Waals surface area contributed by atoms with Crippen LogP contribution < -0.4 is 10.6 Å². The van der Waals surface area contributed by atoms with Gasteiger partial charge in [0, 0.05) is 39.1 Å². The van der Waals surface area contributed by atoms with Crippen molar-refractivity contribution in [3.8, 4) is 11.3 Å². The molecule has 0 unspecified atom stereocenters. The number of carbonyl (C=O) groups is 3. The lowest BCUT2D eigenvalue weighted by Gasteiger charge is -2.26. The monoisotopic (exact) mass is 521 g/mol. The van der Waals surface area contributed by atoms with Crippen LogP contribution in [-0.2, 0) is 23.2 Å². The Morgan fingerprint density at radius 3 is 2.45 bits per heavy atom. The zero-order valence-electron chi connectivity index (χ0n) is 22.3. The van der Waals surface area contributed by atoms with Gasteiger partial charge < -0.3 is 15.5 Å². The van der Waals surface area contributed by atoms with Gasteiger partial charge in [0.25, 0.3) is 5.91 Å². The van der Waals surface area contributed by atoms with Crippen LogP contribution in [0.15, 0.2) is 30.6 Å². The number of hydrogen-bond donors (Lipinski definition) is 2. The minimum atomic E-state index is -0.693. The van der Waals surface area contributed by atoms with Crippen molar-refractivity contribution in [3.63, 3.8) is 0 Å². The molecule has 2 N–H and O–H groups in total. The van der Waals surface area contributed by atoms with Crippen LogP contribution in [0.5, 0.6) is 0 Å². The van der Waals surface area contributed by atoms with Gasteiger partial charge in [0.05, 0.1) is 11.4 Å². The van der Waals surface area contributed by atoms with E-state index in [-0.39, 0.29) is 30.2 Å². The molecule has 3 aromatic rings. The Balaban J connectivity index is 1.51. The maximum Gasteiger partial charge on any atom is 0.270 e. The molecule has 1 saturated carbocycles. The maximum atomic E-state index is 13.5. The molecule has 0 bridgehead atoms. The summed E-state index contributed by atoms with van der Waals surface area (Å²) in [5.41, 5.74) is 2.47. The molecule has 1 aliphatic rings. The first-order valence-corrected chi connectivity index (χ1v) is 12.9. The quantitative estimate of drug-likeness (QED) is 0.433. The molecule has 38 heavy (non-hydrogen) atoms. The highest BCUT2D eigenvalue weighted by Gasteiger charge is 2.31. The molecule has 0 radical (unpaired) electrons. The summed E-state index contributed by atoms with van der Waals surface area (Å²) >= 11 is 0. The van der Waals surface area contributed by atoms with Crippen molar-refractivity contribution in [2.45, 2.75) is 58.0 Å². The highest BCUT2D eigenvalue weighted by Crippen LogP contribution is 2.27. The Morgan fingerprint density at radius 2 is 1.84 bits per heavy atom. The summed E-state index contributed by atoms with van der Waals surface area (Å²) in [5.74, 6) is -0.335. The van der Waals surface area contributed by atoms with Gasteiger partial charge in [-0.1, -0.05) is 30.9 Å². The predicted octanol–water partition coefficient (Wildman–Crippen LogP) is 2.18. The number of pyridine rings is 1. The summed E-state index contributed by atoms with van der Waals surface area (Å²) in [6.07, 6.45) is 9.24. The summed E-state index contributed by atoms with van der Waals surface area (Å²) in [4.78, 5) is 44.6. The van der Waals surface area contributed by atoms with Gasteiger partial charge in [-0.15, -0.1) is 5.10 Å². The van der Waals surface area contributed by atoms with E-state index < -0.39 is 6.04 Å². The molecule has 3 amide bonds. The number of rotatable bonds is 8. The molecule has 0 aliphatic heterocycles. The highest BCUT2D eigenvalue weighted by atomic mass is 16.2. The molecule has 1 atom stereocenters. The van der Waals surface area contributed by atoms with Crippen LogP contribution in [0.2, 0.25) is 0 Å². The lowest BCUT2D eigenvalue weighted by atomic mass is 9.91. The van der Waals surface area contributed by atoms with E-state index in [1.807, 2.05) is 6.92 Å². The second-order valence-electron chi connectivity index (χ2n) is 9.93. The molecule has 3 heterocycles. The zero-order valence-corrected chi connectivity index (χ0v) is 22.3. The van der Waals surface area contributed by atoms with Gasteiger partial charge >= 0.3 is 0 Å². The van der Waals surface area contributed by atoms with Crippen molar-refractivity contribution in [2.24, 2.45) is 13.0 Å². The Morgan fingerprint density at radius 1 is 1.11 bits per heavy atom. The third-order valence-electron chi connectivity index (χ3n) is 6.97. The van der Waals surface area contributed by atoms with E-state index in [9.17, 15) is 14.4 Å². The lowest BCUT2D eigenvalue weighted by Crippen LogP contribution is -2.49. The van der Waals surface area contributed by atoms with Gasteiger partial charge in [0.1, 0.15) is 24.1 Å². The standard InChI is InChI=1S/C26H35N9O3/c1-17-24(35(32-31-17)16-22(36)33(2)3)19-11-12-21(27-15-19)29-26(38)23(18-9-7-5-6-8-10-18)30-25(37)20-13-14-28-34(20)4/h11-15,18,23H,5-10,16H2,1-4H3,(H,30,37)(H,27,29,38)/t23-/m0/s1. The molecule has 0 spiro atoms. The number of anilines is 1. The van der Waals surface area contributed by atoms with E-state index in [1.165, 1.54) is 9.58 Å². The molecule has 0 saturated heterocycles. The van der Waals surface area contributed by atoms with Gasteiger partial charge in [0.2, 0.25) is 11.8 Å². The number of carbonyl (C=O) groups excluding carboxylic acids is 3. The van der Waals surface area contributed by atoms with Gasteiger partial charge in [0.15, 0.2) is 0 Å². The minimum absolute atomic E-state index is 0.0336. The van der Waals surface area contributed by atoms with E-state index in [4.69, 9.17) is 0 Å². The number of nitrogens with zero attached hydrogens (tertiary/aromatic N) is 7. The normalized spacial score (nSPS) is 14.9. The lowest BCUT2D eigenvalue weighted by molar-refractivity contribution is -0.129. The molecule has 12 heteroatoms. The number of aromatic nitrogens is 6. The maximum absolute atomic E-state index is 13.5. The fraction of sp³-hybridized carbons (Fsp3) is 0.500. The Hall–Kier alpha value is -4.09. The van der Waals surface area contributed by atoms with Crippen molar-refractivity contribution < 1.29 is 14.4 Å². The number of amides is 3. The van der Waals surface area contributed by atoms with Crippen molar-refractivity contribution >= 4 is 23.5 Å². The van der Waals surface area contributed by atoms with E-state index in [0.717, 1.165) is 44.1 Å². The second-order valence-corrected chi connectivity index (χ2v) is 9.93. The van der Waals surface area contributed by atoms with Crippen LogP contribution in [0.4, 0.5) is 5.82 Å². The van der Waals surface area contributed by atoms with Crippen molar-refractivity contribution in [1.29, 1.82) is 0 Å². The summed E-state index contributed by atoms with van der Waals surface area (Å²) in [6.45, 7) is 1.87. The van der Waals surface area contributed by atoms with Crippen molar-refractivity contribution in [3.05, 3.63) is 42.0 Å². The first-order valence-electron chi connectivity index (χ1n) is 12.9. The van der Waals surface area contributed by atoms with Gasteiger partial charge in [-0.3, -0.25) is 19.1 Å². The number of aryl methyl sites for hydroxylation is 2. The number of likely N-dealkylation sites (N-methyl/N-ethyl adjacent to an activating group) is 1. The molecule has 202 valence electrons. The summed E-state index contributed by atoms with van der Waals surface area (Å²) < 4.78 is 3.04. The van der Waals surface area contributed by atoms with Gasteiger partial charge in [-0.25, -0.2) is 9.67 Å². The van der Waals surface area contributed by atoms with Gasteiger partial charge in [-0.2, -0.15) is 5.10 Å². The average molecular weight is 522 g/mol. The van der Waals surface area contributed by atoms with Crippen molar-refractivity contribution in [2.75, 3.05) is 19.4 Å². The second kappa shape index (κ2) is 12.0. The Kier molecular flexibility index (Phi) is 8.49. The number of nitrogens with one attached hydrogen (secondary N) is 2. The van der Waals surface area contributed by atoms with Crippen LogP contribution in [0.3, 0.4) is 0 Å². The smallest absolute Gasteiger partial charge is 0.270 e. The third kappa shape index (κ3) is 6.24. The predicted molar refractivity (Wildman–Crippen MR) is 141 cm³/mol. The Labute approximate surface area is 221 Å². The Bertz CT molecular complexity index is 1270. The first kappa shape index (κ1) is 27.0. The fourth-order valence-electron chi connectivity index (χ4n) is 4.80. The largest absolute Gasteiger partial charge is 0.347 e. The van der Waals surface area contributed by atoms with E-state index >= 15 is 0 Å². The van der Waals surface area contributed by atoms with Gasteiger partial charge in [-0.05, 0) is 43.9 Å². The summed E-state index contributed by atoms with van der Waals surface area (Å²) in [5, 5.41) is 18.1. The molecular formula is C26H35N9O3. The molecule has 3 aromatic heterocycles. The third-order valence-corrected chi connectivity index (χ3v) is 6.97. The molecule has 4 rings (SSSR count). The fourth-order valence-corrected chi connectivity index (χ4v) is 4.80. The average Bonchev–Trinajstić information content (AvgIpc) is 3.37. The van der Waals surface area contributed by atoms with Crippen LogP contribution in [0.25, 0.3) is 11.3 Å². The first-order chi connectivity index (χ1) is 18.2. The zero-order chi connectivity index (χ0) is 27.2. The van der Waals surface area contributed by atoms with E-state index in [0.29, 0.717) is 22.9 Å². The molecule has 12 nitrogen and oxygen atoms in total. The highest BCUT2D eigenvalue weighted by molar-refractivity contribution is 6.00. The van der Waals surface area contributed by atoms with Crippen LogP contribution in [-0.4, -0.2) is 72.5 Å². The minimum Gasteiger partial charge on any atom is -0.347 e. The van der Waals surface area contributed by atoms with E-state index in [2.05, 4.69) is 31.0 Å². The SMILES string of the molecule is Cc1nnn(CC(=O)N(C)C)c1-c1ccc(NC(=O)[C@@H](NC(=O)c2ccnn2C)C2CCCCCC2)nc1. The number of hydrogen-bond acceptors (Lipinski definition) is 7. The molecular weight excluding hydrogens is 486 g/mol.